The Bertz CT molecular complexity index is 263. The van der Waals surface area contributed by atoms with Crippen LogP contribution in [0.2, 0.25) is 12.1 Å². The van der Waals surface area contributed by atoms with E-state index in [1.807, 2.05) is 0 Å². The van der Waals surface area contributed by atoms with Crippen molar-refractivity contribution in [3.05, 3.63) is 0 Å². The first-order valence-electron chi connectivity index (χ1n) is 8.53. The van der Waals surface area contributed by atoms with E-state index in [2.05, 4.69) is 27.7 Å². The van der Waals surface area contributed by atoms with E-state index in [0.29, 0.717) is 5.41 Å². The molecule has 1 heterocycles. The topological polar surface area (TPSA) is 36.9 Å². The summed E-state index contributed by atoms with van der Waals surface area (Å²) in [5.41, 5.74) is 0.414. The minimum Gasteiger partial charge on any atom is -0.394 e. The third-order valence-corrected chi connectivity index (χ3v) is 7.99. The van der Waals surface area contributed by atoms with E-state index < -0.39 is 8.56 Å². The summed E-state index contributed by atoms with van der Waals surface area (Å²) in [4.78, 5) is 0. The van der Waals surface area contributed by atoms with Gasteiger partial charge in [0.25, 0.3) is 0 Å². The zero-order chi connectivity index (χ0) is 15.6. The first-order valence-corrected chi connectivity index (χ1v) is 10.8. The summed E-state index contributed by atoms with van der Waals surface area (Å²) in [6.45, 7) is 13.6. The molecule has 1 rings (SSSR count). The molecule has 1 fully saturated rings. The highest BCUT2D eigenvalue weighted by molar-refractivity contribution is 6.67. The first kappa shape index (κ1) is 19.1. The van der Waals surface area contributed by atoms with E-state index in [9.17, 15) is 0 Å². The van der Waals surface area contributed by atoms with Gasteiger partial charge in [-0.25, -0.2) is 0 Å². The molecule has 1 aliphatic heterocycles. The van der Waals surface area contributed by atoms with Crippen LogP contribution in [0, 0.1) is 5.41 Å². The summed E-state index contributed by atoms with van der Waals surface area (Å²) in [7, 11) is -1.96. The molecule has 0 aromatic rings. The fourth-order valence-corrected chi connectivity index (χ4v) is 5.70. The fraction of sp³-hybridized carbons (Fsp3) is 1.00. The Labute approximate surface area is 131 Å². The Morgan fingerprint density at radius 1 is 1.00 bits per heavy atom. The Kier molecular flexibility index (Phi) is 9.05. The maximum Gasteiger partial charge on any atom is 0.337 e. The lowest BCUT2D eigenvalue weighted by atomic mass is 9.84. The minimum absolute atomic E-state index is 0.414. The van der Waals surface area contributed by atoms with Crippen molar-refractivity contribution < 1.29 is 18.3 Å². The molecular formula is C16H34O4Si. The first-order chi connectivity index (χ1) is 10.1. The van der Waals surface area contributed by atoms with Gasteiger partial charge in [-0.15, -0.1) is 0 Å². The second kappa shape index (κ2) is 9.95. The molecule has 0 atom stereocenters. The third-order valence-electron chi connectivity index (χ3n) is 4.17. The zero-order valence-electron chi connectivity index (χ0n) is 14.4. The predicted molar refractivity (Wildman–Crippen MR) is 87.9 cm³/mol. The highest BCUT2D eigenvalue weighted by Gasteiger charge is 2.34. The van der Waals surface area contributed by atoms with E-state index in [0.717, 1.165) is 64.6 Å². The summed E-state index contributed by atoms with van der Waals surface area (Å²) in [5.74, 6) is 0. The molecule has 0 unspecified atom stereocenters. The van der Waals surface area contributed by atoms with E-state index >= 15 is 0 Å². The third kappa shape index (κ3) is 6.78. The lowest BCUT2D eigenvalue weighted by Crippen LogP contribution is -2.41. The van der Waals surface area contributed by atoms with Crippen LogP contribution >= 0.6 is 0 Å². The SMILES string of the molecule is CCO[Si](CC)(CCCOCCCC1(C)COC1)OCC. The van der Waals surface area contributed by atoms with Gasteiger partial charge < -0.3 is 18.3 Å². The maximum atomic E-state index is 5.96. The lowest BCUT2D eigenvalue weighted by molar-refractivity contribution is -0.108. The molecule has 0 N–H and O–H groups in total. The molecular weight excluding hydrogens is 284 g/mol. The molecule has 0 aliphatic carbocycles. The number of rotatable bonds is 13. The lowest BCUT2D eigenvalue weighted by Gasteiger charge is -2.38. The van der Waals surface area contributed by atoms with Crippen LogP contribution in [-0.2, 0) is 18.3 Å². The van der Waals surface area contributed by atoms with Crippen molar-refractivity contribution >= 4 is 8.56 Å². The molecule has 1 saturated heterocycles. The zero-order valence-corrected chi connectivity index (χ0v) is 15.4. The van der Waals surface area contributed by atoms with Gasteiger partial charge in [0.1, 0.15) is 0 Å². The average Bonchev–Trinajstić information content (AvgIpc) is 2.44. The van der Waals surface area contributed by atoms with Crippen molar-refractivity contribution in [2.24, 2.45) is 5.41 Å². The molecule has 0 amide bonds. The summed E-state index contributed by atoms with van der Waals surface area (Å²) in [5, 5.41) is 0. The van der Waals surface area contributed by atoms with Crippen LogP contribution in [0.25, 0.3) is 0 Å². The van der Waals surface area contributed by atoms with Crippen molar-refractivity contribution in [3.8, 4) is 0 Å². The van der Waals surface area contributed by atoms with E-state index in [-0.39, 0.29) is 0 Å². The molecule has 126 valence electrons. The van der Waals surface area contributed by atoms with Gasteiger partial charge in [-0.05, 0) is 45.2 Å². The van der Waals surface area contributed by atoms with Crippen molar-refractivity contribution in [2.75, 3.05) is 39.6 Å². The predicted octanol–water partition coefficient (Wildman–Crippen LogP) is 3.74. The van der Waals surface area contributed by atoms with Gasteiger partial charge in [0.05, 0.1) is 13.2 Å². The maximum absolute atomic E-state index is 5.96. The van der Waals surface area contributed by atoms with Crippen molar-refractivity contribution in [2.45, 2.75) is 59.0 Å². The van der Waals surface area contributed by atoms with Gasteiger partial charge >= 0.3 is 8.56 Å². The number of hydrogen-bond donors (Lipinski definition) is 0. The normalized spacial score (nSPS) is 17.7. The minimum atomic E-state index is -1.96. The van der Waals surface area contributed by atoms with Gasteiger partial charge in [-0.1, -0.05) is 13.8 Å². The summed E-state index contributed by atoms with van der Waals surface area (Å²) in [6.07, 6.45) is 3.38. The van der Waals surface area contributed by atoms with Crippen molar-refractivity contribution in [3.63, 3.8) is 0 Å². The van der Waals surface area contributed by atoms with Crippen LogP contribution in [0.4, 0.5) is 0 Å². The van der Waals surface area contributed by atoms with Crippen molar-refractivity contribution in [1.29, 1.82) is 0 Å². The van der Waals surface area contributed by atoms with Crippen LogP contribution in [0.1, 0.15) is 47.0 Å². The fourth-order valence-electron chi connectivity index (χ4n) is 2.83. The molecule has 1 aliphatic rings. The van der Waals surface area contributed by atoms with Gasteiger partial charge in [0.15, 0.2) is 0 Å². The second-order valence-electron chi connectivity index (χ2n) is 6.25. The van der Waals surface area contributed by atoms with Crippen LogP contribution in [0.5, 0.6) is 0 Å². The highest BCUT2D eigenvalue weighted by atomic mass is 28.4. The molecule has 0 aromatic heterocycles. The van der Waals surface area contributed by atoms with E-state index in [1.54, 1.807) is 0 Å². The number of hydrogen-bond acceptors (Lipinski definition) is 4. The molecule has 0 spiro atoms. The largest absolute Gasteiger partial charge is 0.394 e. The monoisotopic (exact) mass is 318 g/mol. The Balaban J connectivity index is 2.07. The van der Waals surface area contributed by atoms with Crippen molar-refractivity contribution in [1.82, 2.24) is 0 Å². The Hall–Kier alpha value is 0.0569. The van der Waals surface area contributed by atoms with Crippen LogP contribution in [-0.4, -0.2) is 48.2 Å². The summed E-state index contributed by atoms with van der Waals surface area (Å²) in [6, 6.07) is 2.06. The van der Waals surface area contributed by atoms with Gasteiger partial charge in [0.2, 0.25) is 0 Å². The molecule has 0 aromatic carbocycles. The van der Waals surface area contributed by atoms with Crippen LogP contribution in [0.3, 0.4) is 0 Å². The second-order valence-corrected chi connectivity index (χ2v) is 9.86. The summed E-state index contributed by atoms with van der Waals surface area (Å²) >= 11 is 0. The van der Waals surface area contributed by atoms with Crippen LogP contribution < -0.4 is 0 Å². The standard InChI is InChI=1S/C16H34O4Si/c1-5-19-21(7-3,20-6-2)13-9-12-17-11-8-10-16(4)14-18-15-16/h5-15H2,1-4H3. The summed E-state index contributed by atoms with van der Waals surface area (Å²) < 4.78 is 23.0. The van der Waals surface area contributed by atoms with E-state index in [1.165, 1.54) is 6.42 Å². The Morgan fingerprint density at radius 2 is 1.62 bits per heavy atom. The molecule has 5 heteroatoms. The molecule has 0 saturated carbocycles. The van der Waals surface area contributed by atoms with Gasteiger partial charge in [0, 0.05) is 31.8 Å². The molecule has 4 nitrogen and oxygen atoms in total. The average molecular weight is 319 g/mol. The molecule has 21 heavy (non-hydrogen) atoms. The Morgan fingerprint density at radius 3 is 2.10 bits per heavy atom. The number of ether oxygens (including phenoxy) is 2. The van der Waals surface area contributed by atoms with Gasteiger partial charge in [-0.3, -0.25) is 0 Å². The van der Waals surface area contributed by atoms with Crippen LogP contribution in [0.15, 0.2) is 0 Å². The molecule has 0 radical (unpaired) electrons. The smallest absolute Gasteiger partial charge is 0.337 e. The van der Waals surface area contributed by atoms with Gasteiger partial charge in [-0.2, -0.15) is 0 Å². The highest BCUT2D eigenvalue weighted by Crippen LogP contribution is 2.31. The van der Waals surface area contributed by atoms with E-state index in [4.69, 9.17) is 18.3 Å². The molecule has 0 bridgehead atoms. The quantitative estimate of drug-likeness (QED) is 0.383.